The van der Waals surface area contributed by atoms with Gasteiger partial charge in [-0.3, -0.25) is 9.88 Å². The first kappa shape index (κ1) is 14.5. The summed E-state index contributed by atoms with van der Waals surface area (Å²) in [7, 11) is 0. The van der Waals surface area contributed by atoms with Gasteiger partial charge in [0.15, 0.2) is 0 Å². The van der Waals surface area contributed by atoms with Crippen LogP contribution in [0, 0.1) is 5.92 Å². The minimum absolute atomic E-state index is 0.959. The number of rotatable bonds is 7. The van der Waals surface area contributed by atoms with Crippen molar-refractivity contribution in [1.29, 1.82) is 0 Å². The first-order valence-corrected chi connectivity index (χ1v) is 7.70. The van der Waals surface area contributed by atoms with E-state index in [-0.39, 0.29) is 0 Å². The predicted molar refractivity (Wildman–Crippen MR) is 80.0 cm³/mol. The fourth-order valence-corrected chi connectivity index (χ4v) is 2.87. The molecule has 0 atom stereocenters. The van der Waals surface area contributed by atoms with Crippen LogP contribution in [0.4, 0.5) is 0 Å². The van der Waals surface area contributed by atoms with Gasteiger partial charge < -0.3 is 5.32 Å². The van der Waals surface area contributed by atoms with Crippen LogP contribution in [0.25, 0.3) is 0 Å². The Labute approximate surface area is 117 Å². The molecule has 19 heavy (non-hydrogen) atoms. The lowest BCUT2D eigenvalue weighted by Crippen LogP contribution is -2.29. The molecule has 1 aromatic rings. The van der Waals surface area contributed by atoms with Crippen molar-refractivity contribution in [3.05, 3.63) is 30.1 Å². The maximum absolute atomic E-state index is 4.08. The van der Waals surface area contributed by atoms with Crippen molar-refractivity contribution in [2.45, 2.75) is 39.2 Å². The Kier molecular flexibility index (Phi) is 6.31. The molecule has 0 radical (unpaired) electrons. The standard InChI is InChI=1S/C16H27N3/c1-2-19(14-16-7-11-18-12-8-16)13-3-4-15-5-9-17-10-6-15/h7-8,11-12,15,17H,2-6,9-10,13-14H2,1H3. The number of hydrogen-bond donors (Lipinski definition) is 1. The zero-order valence-corrected chi connectivity index (χ0v) is 12.1. The van der Waals surface area contributed by atoms with E-state index in [0.717, 1.165) is 19.0 Å². The second-order valence-corrected chi connectivity index (χ2v) is 5.56. The molecule has 0 unspecified atom stereocenters. The number of nitrogens with zero attached hydrogens (tertiary/aromatic N) is 2. The van der Waals surface area contributed by atoms with Crippen molar-refractivity contribution >= 4 is 0 Å². The topological polar surface area (TPSA) is 28.2 Å². The van der Waals surface area contributed by atoms with Crippen LogP contribution in [0.2, 0.25) is 0 Å². The lowest BCUT2D eigenvalue weighted by molar-refractivity contribution is 0.255. The normalized spacial score (nSPS) is 16.9. The third-order valence-corrected chi connectivity index (χ3v) is 4.15. The Hall–Kier alpha value is -0.930. The summed E-state index contributed by atoms with van der Waals surface area (Å²) in [4.78, 5) is 6.62. The molecular formula is C16H27N3. The highest BCUT2D eigenvalue weighted by Gasteiger charge is 2.13. The highest BCUT2D eigenvalue weighted by Crippen LogP contribution is 2.18. The molecule has 1 aliphatic heterocycles. The number of pyridine rings is 1. The summed E-state index contributed by atoms with van der Waals surface area (Å²) >= 11 is 0. The molecular weight excluding hydrogens is 234 g/mol. The van der Waals surface area contributed by atoms with Gasteiger partial charge >= 0.3 is 0 Å². The van der Waals surface area contributed by atoms with Gasteiger partial charge in [-0.2, -0.15) is 0 Å². The van der Waals surface area contributed by atoms with Gasteiger partial charge in [0.05, 0.1) is 0 Å². The van der Waals surface area contributed by atoms with E-state index in [4.69, 9.17) is 0 Å². The molecule has 1 fully saturated rings. The van der Waals surface area contributed by atoms with Crippen molar-refractivity contribution < 1.29 is 0 Å². The SMILES string of the molecule is CCN(CCCC1CCNCC1)Cc1ccncc1. The van der Waals surface area contributed by atoms with E-state index in [1.54, 1.807) is 0 Å². The van der Waals surface area contributed by atoms with E-state index in [0.29, 0.717) is 0 Å². The van der Waals surface area contributed by atoms with Crippen LogP contribution in [-0.2, 0) is 6.54 Å². The third kappa shape index (κ3) is 5.29. The van der Waals surface area contributed by atoms with Gasteiger partial charge in [0.2, 0.25) is 0 Å². The van der Waals surface area contributed by atoms with Crippen LogP contribution >= 0.6 is 0 Å². The van der Waals surface area contributed by atoms with Gasteiger partial charge in [0.25, 0.3) is 0 Å². The first-order valence-electron chi connectivity index (χ1n) is 7.70. The monoisotopic (exact) mass is 261 g/mol. The second-order valence-electron chi connectivity index (χ2n) is 5.56. The van der Waals surface area contributed by atoms with E-state index in [1.165, 1.54) is 50.9 Å². The van der Waals surface area contributed by atoms with Crippen LogP contribution in [-0.4, -0.2) is 36.1 Å². The number of hydrogen-bond acceptors (Lipinski definition) is 3. The Bertz CT molecular complexity index is 333. The van der Waals surface area contributed by atoms with Gasteiger partial charge in [-0.1, -0.05) is 6.92 Å². The fourth-order valence-electron chi connectivity index (χ4n) is 2.87. The molecule has 2 heterocycles. The molecule has 0 bridgehead atoms. The molecule has 0 saturated carbocycles. The van der Waals surface area contributed by atoms with E-state index >= 15 is 0 Å². The maximum atomic E-state index is 4.08. The van der Waals surface area contributed by atoms with Gasteiger partial charge in [0.1, 0.15) is 0 Å². The minimum Gasteiger partial charge on any atom is -0.317 e. The summed E-state index contributed by atoms with van der Waals surface area (Å²) in [6.07, 6.45) is 9.25. The van der Waals surface area contributed by atoms with Crippen LogP contribution in [0.15, 0.2) is 24.5 Å². The largest absolute Gasteiger partial charge is 0.317 e. The van der Waals surface area contributed by atoms with E-state index in [9.17, 15) is 0 Å². The van der Waals surface area contributed by atoms with Crippen molar-refractivity contribution in [3.63, 3.8) is 0 Å². The van der Waals surface area contributed by atoms with Crippen molar-refractivity contribution in [1.82, 2.24) is 15.2 Å². The van der Waals surface area contributed by atoms with Gasteiger partial charge in [-0.15, -0.1) is 0 Å². The quantitative estimate of drug-likeness (QED) is 0.818. The van der Waals surface area contributed by atoms with Gasteiger partial charge in [-0.25, -0.2) is 0 Å². The van der Waals surface area contributed by atoms with Crippen LogP contribution in [0.5, 0.6) is 0 Å². The summed E-state index contributed by atoms with van der Waals surface area (Å²) in [5.41, 5.74) is 1.37. The molecule has 2 rings (SSSR count). The van der Waals surface area contributed by atoms with E-state index < -0.39 is 0 Å². The molecule has 0 aliphatic carbocycles. The summed E-state index contributed by atoms with van der Waals surface area (Å²) in [6.45, 7) is 8.12. The molecule has 1 aliphatic rings. The second kappa shape index (κ2) is 8.28. The number of piperidine rings is 1. The lowest BCUT2D eigenvalue weighted by atomic mass is 9.93. The molecule has 1 N–H and O–H groups in total. The summed E-state index contributed by atoms with van der Waals surface area (Å²) in [6, 6.07) is 4.24. The Balaban J connectivity index is 1.67. The third-order valence-electron chi connectivity index (χ3n) is 4.15. The summed E-state index contributed by atoms with van der Waals surface area (Å²) < 4.78 is 0. The first-order chi connectivity index (χ1) is 9.38. The minimum atomic E-state index is 0.959. The highest BCUT2D eigenvalue weighted by atomic mass is 15.1. The Morgan fingerprint density at radius 3 is 2.68 bits per heavy atom. The molecule has 106 valence electrons. The molecule has 1 saturated heterocycles. The van der Waals surface area contributed by atoms with Crippen LogP contribution in [0.3, 0.4) is 0 Å². The van der Waals surface area contributed by atoms with E-state index in [2.05, 4.69) is 34.3 Å². The zero-order chi connectivity index (χ0) is 13.3. The fraction of sp³-hybridized carbons (Fsp3) is 0.688. The highest BCUT2D eigenvalue weighted by molar-refractivity contribution is 5.09. The van der Waals surface area contributed by atoms with Crippen molar-refractivity contribution in [3.8, 4) is 0 Å². The molecule has 0 spiro atoms. The number of nitrogens with one attached hydrogen (secondary N) is 1. The smallest absolute Gasteiger partial charge is 0.0271 e. The molecule has 0 amide bonds. The molecule has 3 nitrogen and oxygen atoms in total. The lowest BCUT2D eigenvalue weighted by Gasteiger charge is -2.25. The van der Waals surface area contributed by atoms with Crippen molar-refractivity contribution in [2.75, 3.05) is 26.2 Å². The maximum Gasteiger partial charge on any atom is 0.0271 e. The van der Waals surface area contributed by atoms with Crippen LogP contribution < -0.4 is 5.32 Å². The predicted octanol–water partition coefficient (Wildman–Crippen LogP) is 2.68. The Morgan fingerprint density at radius 1 is 1.26 bits per heavy atom. The van der Waals surface area contributed by atoms with E-state index in [1.807, 2.05) is 12.4 Å². The average Bonchev–Trinajstić information content (AvgIpc) is 2.48. The summed E-state index contributed by atoms with van der Waals surface area (Å²) in [5.74, 6) is 0.959. The van der Waals surface area contributed by atoms with Gasteiger partial charge in [0, 0.05) is 18.9 Å². The van der Waals surface area contributed by atoms with Crippen LogP contribution in [0.1, 0.15) is 38.2 Å². The molecule has 0 aromatic carbocycles. The van der Waals surface area contributed by atoms with Gasteiger partial charge in [-0.05, 0) is 75.5 Å². The zero-order valence-electron chi connectivity index (χ0n) is 12.1. The molecule has 1 aromatic heterocycles. The molecule has 3 heteroatoms. The van der Waals surface area contributed by atoms with Crippen molar-refractivity contribution in [2.24, 2.45) is 5.92 Å². The summed E-state index contributed by atoms with van der Waals surface area (Å²) in [5, 5.41) is 3.44. The Morgan fingerprint density at radius 2 is 2.00 bits per heavy atom. The number of aromatic nitrogens is 1. The average molecular weight is 261 g/mol.